The molecule has 0 saturated heterocycles. The van der Waals surface area contributed by atoms with Crippen molar-refractivity contribution in [3.05, 3.63) is 35.9 Å². The van der Waals surface area contributed by atoms with Crippen LogP contribution in [0.15, 0.2) is 30.3 Å². The van der Waals surface area contributed by atoms with Crippen LogP contribution >= 0.6 is 0 Å². The van der Waals surface area contributed by atoms with Gasteiger partial charge in [0.05, 0.1) is 0 Å². The number of methoxy groups -OCH3 is 1. The summed E-state index contributed by atoms with van der Waals surface area (Å²) in [5.41, 5.74) is -0.872. The molecule has 15 heavy (non-hydrogen) atoms. The third-order valence-electron chi connectivity index (χ3n) is 1.69. The number of ether oxygens (including phenoxy) is 2. The summed E-state index contributed by atoms with van der Waals surface area (Å²) in [5.74, 6) is 0. The van der Waals surface area contributed by atoms with Crippen molar-refractivity contribution in [1.29, 1.82) is 0 Å². The maximum Gasteiger partial charge on any atom is 0.256 e. The molecule has 6 heteroatoms. The first-order valence-corrected chi connectivity index (χ1v) is 5.74. The largest absolute Gasteiger partial charge is 0.359 e. The molecule has 5 nitrogen and oxygen atoms in total. The second-order valence-corrected chi connectivity index (χ2v) is 4.38. The fourth-order valence-corrected chi connectivity index (χ4v) is 1.86. The van der Waals surface area contributed by atoms with Crippen LogP contribution in [0, 0.1) is 0 Å². The maximum atomic E-state index is 11.1. The van der Waals surface area contributed by atoms with Crippen LogP contribution in [0.2, 0.25) is 0 Å². The molecule has 0 spiro atoms. The molecule has 83 valence electrons. The topological polar surface area (TPSA) is 76.4 Å². The molecule has 0 aliphatic heterocycles. The molecule has 0 heterocycles. The summed E-state index contributed by atoms with van der Waals surface area (Å²) in [4.78, 5) is 0. The molecule has 0 aliphatic carbocycles. The van der Waals surface area contributed by atoms with E-state index < -0.39 is 15.5 Å². The molecule has 1 atom stereocenters. The SMILES string of the molecule is COCOC(c1ccccc1)S([NH])(=O)=O. The quantitative estimate of drug-likeness (QED) is 0.705. The zero-order valence-corrected chi connectivity index (χ0v) is 9.03. The van der Waals surface area contributed by atoms with Crippen LogP contribution in [0.5, 0.6) is 0 Å². The molecule has 0 amide bonds. The minimum atomic E-state index is -4.04. The summed E-state index contributed by atoms with van der Waals surface area (Å²) in [6, 6.07) is 8.31. The van der Waals surface area contributed by atoms with E-state index in [-0.39, 0.29) is 6.79 Å². The Kier molecular flexibility index (Phi) is 4.22. The lowest BCUT2D eigenvalue weighted by Crippen LogP contribution is -2.18. The second kappa shape index (κ2) is 5.22. The van der Waals surface area contributed by atoms with Gasteiger partial charge in [0.1, 0.15) is 6.79 Å². The minimum Gasteiger partial charge on any atom is -0.359 e. The van der Waals surface area contributed by atoms with Gasteiger partial charge in [0, 0.05) is 7.11 Å². The minimum absolute atomic E-state index is 0.169. The average molecular weight is 230 g/mol. The van der Waals surface area contributed by atoms with E-state index in [1.807, 2.05) is 0 Å². The van der Waals surface area contributed by atoms with Gasteiger partial charge in [-0.15, -0.1) is 5.14 Å². The predicted molar refractivity (Wildman–Crippen MR) is 54.2 cm³/mol. The molecule has 1 N–H and O–H groups in total. The number of rotatable bonds is 5. The molecule has 0 bridgehead atoms. The van der Waals surface area contributed by atoms with Crippen molar-refractivity contribution in [3.8, 4) is 0 Å². The second-order valence-electron chi connectivity index (χ2n) is 2.86. The Bertz CT molecular complexity index is 390. The highest BCUT2D eigenvalue weighted by Gasteiger charge is 2.24. The van der Waals surface area contributed by atoms with Gasteiger partial charge in [0.2, 0.25) is 5.44 Å². The van der Waals surface area contributed by atoms with E-state index >= 15 is 0 Å². The third kappa shape index (κ3) is 3.60. The molecule has 1 unspecified atom stereocenters. The molecular formula is C9H12NO4S. The van der Waals surface area contributed by atoms with E-state index in [0.29, 0.717) is 5.56 Å². The summed E-state index contributed by atoms with van der Waals surface area (Å²) < 4.78 is 31.8. The Morgan fingerprint density at radius 2 is 1.93 bits per heavy atom. The van der Waals surface area contributed by atoms with E-state index in [1.165, 1.54) is 7.11 Å². The number of sulfonamides is 1. The van der Waals surface area contributed by atoms with Crippen LogP contribution < -0.4 is 5.14 Å². The highest BCUT2D eigenvalue weighted by Crippen LogP contribution is 2.21. The van der Waals surface area contributed by atoms with Gasteiger partial charge >= 0.3 is 0 Å². The molecule has 0 saturated carbocycles. The van der Waals surface area contributed by atoms with Gasteiger partial charge < -0.3 is 9.47 Å². The van der Waals surface area contributed by atoms with Crippen LogP contribution in [-0.2, 0) is 19.5 Å². The Morgan fingerprint density at radius 1 is 1.33 bits per heavy atom. The first kappa shape index (κ1) is 12.1. The van der Waals surface area contributed by atoms with Crippen molar-refractivity contribution in [2.24, 2.45) is 0 Å². The molecule has 1 aromatic carbocycles. The highest BCUT2D eigenvalue weighted by atomic mass is 32.2. The van der Waals surface area contributed by atoms with Crippen molar-refractivity contribution >= 4 is 10.0 Å². The van der Waals surface area contributed by atoms with E-state index in [9.17, 15) is 8.42 Å². The van der Waals surface area contributed by atoms with Crippen LogP contribution in [0.4, 0.5) is 0 Å². The zero-order chi connectivity index (χ0) is 11.3. The number of benzene rings is 1. The van der Waals surface area contributed by atoms with Crippen molar-refractivity contribution in [2.45, 2.75) is 5.44 Å². The summed E-state index contributed by atoms with van der Waals surface area (Å²) >= 11 is 0. The lowest BCUT2D eigenvalue weighted by atomic mass is 10.2. The average Bonchev–Trinajstić information content (AvgIpc) is 2.18. The van der Waals surface area contributed by atoms with Crippen LogP contribution in [-0.4, -0.2) is 22.3 Å². The fourth-order valence-electron chi connectivity index (χ4n) is 1.10. The monoisotopic (exact) mass is 230 g/mol. The molecule has 0 fully saturated rings. The first-order valence-electron chi connectivity index (χ1n) is 4.19. The van der Waals surface area contributed by atoms with Crippen molar-refractivity contribution in [2.75, 3.05) is 13.9 Å². The van der Waals surface area contributed by atoms with Gasteiger partial charge in [0.15, 0.2) is 0 Å². The zero-order valence-electron chi connectivity index (χ0n) is 8.21. The normalized spacial score (nSPS) is 13.7. The van der Waals surface area contributed by atoms with Crippen molar-refractivity contribution in [1.82, 2.24) is 5.14 Å². The number of nitrogens with one attached hydrogen (secondary N) is 1. The van der Waals surface area contributed by atoms with E-state index in [0.717, 1.165) is 0 Å². The van der Waals surface area contributed by atoms with Gasteiger partial charge in [-0.3, -0.25) is 0 Å². The third-order valence-corrected chi connectivity index (χ3v) is 2.66. The number of hydrogen-bond acceptors (Lipinski definition) is 4. The predicted octanol–water partition coefficient (Wildman–Crippen LogP) is 0.918. The molecule has 0 aromatic heterocycles. The molecule has 1 aromatic rings. The number of hydrogen-bond donors (Lipinski definition) is 0. The Labute approximate surface area is 88.9 Å². The van der Waals surface area contributed by atoms with Crippen molar-refractivity contribution < 1.29 is 17.9 Å². The van der Waals surface area contributed by atoms with Crippen LogP contribution in [0.25, 0.3) is 0 Å². The first-order chi connectivity index (χ1) is 7.05. The van der Waals surface area contributed by atoms with Gasteiger partial charge in [-0.25, -0.2) is 8.42 Å². The smallest absolute Gasteiger partial charge is 0.256 e. The summed E-state index contributed by atoms with van der Waals surface area (Å²) in [5, 5.41) is 7.00. The summed E-state index contributed by atoms with van der Waals surface area (Å²) in [6.07, 6.45) is 0. The van der Waals surface area contributed by atoms with Gasteiger partial charge in [0.25, 0.3) is 10.0 Å². The lowest BCUT2D eigenvalue weighted by Gasteiger charge is -2.14. The summed E-state index contributed by atoms with van der Waals surface area (Å²) in [7, 11) is -2.65. The fraction of sp³-hybridized carbons (Fsp3) is 0.333. The van der Waals surface area contributed by atoms with E-state index in [1.54, 1.807) is 30.3 Å². The van der Waals surface area contributed by atoms with Gasteiger partial charge in [-0.05, 0) is 5.56 Å². The van der Waals surface area contributed by atoms with Gasteiger partial charge in [-0.1, -0.05) is 30.3 Å². The molecule has 0 aliphatic rings. The van der Waals surface area contributed by atoms with Crippen molar-refractivity contribution in [3.63, 3.8) is 0 Å². The van der Waals surface area contributed by atoms with E-state index in [2.05, 4.69) is 4.74 Å². The van der Waals surface area contributed by atoms with Crippen LogP contribution in [0.3, 0.4) is 0 Å². The Morgan fingerprint density at radius 3 is 2.40 bits per heavy atom. The maximum absolute atomic E-state index is 11.1. The highest BCUT2D eigenvalue weighted by molar-refractivity contribution is 7.88. The molecule has 1 rings (SSSR count). The summed E-state index contributed by atoms with van der Waals surface area (Å²) in [6.45, 7) is -0.169. The Hall–Kier alpha value is -0.950. The molecule has 1 radical (unpaired) electrons. The van der Waals surface area contributed by atoms with Gasteiger partial charge in [-0.2, -0.15) is 0 Å². The van der Waals surface area contributed by atoms with E-state index in [4.69, 9.17) is 9.88 Å². The molecular weight excluding hydrogens is 218 g/mol. The standard InChI is InChI=1S/C9H12NO4S/c1-13-7-14-9(15(10,11)12)8-5-3-2-4-6-8/h2-6,9-10H,7H2,1H3. The van der Waals surface area contributed by atoms with Crippen LogP contribution in [0.1, 0.15) is 11.0 Å². The lowest BCUT2D eigenvalue weighted by molar-refractivity contribution is -0.0458. The Balaban J connectivity index is 2.92.